The SMILES string of the molecule is O=C(O)c1ccc(N/N=C/c2c(OCc3ccc(Cl)cc3)ccc3ccccc23)cc1. The van der Waals surface area contributed by atoms with Gasteiger partial charge in [0.15, 0.2) is 0 Å². The molecule has 0 fully saturated rings. The summed E-state index contributed by atoms with van der Waals surface area (Å²) in [4.78, 5) is 11.0. The highest BCUT2D eigenvalue weighted by molar-refractivity contribution is 6.30. The Morgan fingerprint density at radius 2 is 1.71 bits per heavy atom. The van der Waals surface area contributed by atoms with E-state index in [9.17, 15) is 4.79 Å². The van der Waals surface area contributed by atoms with Crippen molar-refractivity contribution in [2.45, 2.75) is 6.61 Å². The zero-order chi connectivity index (χ0) is 21.6. The van der Waals surface area contributed by atoms with Crippen LogP contribution in [0.5, 0.6) is 5.75 Å². The quantitative estimate of drug-likeness (QED) is 0.270. The average Bonchev–Trinajstić information content (AvgIpc) is 2.79. The van der Waals surface area contributed by atoms with Gasteiger partial charge >= 0.3 is 5.97 Å². The highest BCUT2D eigenvalue weighted by Gasteiger charge is 2.08. The van der Waals surface area contributed by atoms with Crippen LogP contribution in [0.1, 0.15) is 21.5 Å². The van der Waals surface area contributed by atoms with Gasteiger partial charge in [-0.2, -0.15) is 5.10 Å². The molecule has 4 aromatic rings. The first-order chi connectivity index (χ1) is 15.1. The highest BCUT2D eigenvalue weighted by Crippen LogP contribution is 2.27. The Morgan fingerprint density at radius 1 is 0.968 bits per heavy atom. The summed E-state index contributed by atoms with van der Waals surface area (Å²) in [7, 11) is 0. The number of anilines is 1. The molecule has 0 aliphatic carbocycles. The molecule has 0 aromatic heterocycles. The summed E-state index contributed by atoms with van der Waals surface area (Å²) in [6, 6.07) is 25.9. The molecule has 0 heterocycles. The summed E-state index contributed by atoms with van der Waals surface area (Å²) in [5, 5.41) is 16.1. The Bertz CT molecular complexity index is 1240. The number of carboxylic acid groups (broad SMARTS) is 1. The van der Waals surface area contributed by atoms with E-state index in [0.29, 0.717) is 23.1 Å². The number of nitrogens with one attached hydrogen (secondary N) is 1. The van der Waals surface area contributed by atoms with E-state index in [1.807, 2.05) is 60.7 Å². The number of rotatable bonds is 7. The zero-order valence-corrected chi connectivity index (χ0v) is 17.2. The van der Waals surface area contributed by atoms with Gasteiger partial charge in [-0.15, -0.1) is 0 Å². The molecule has 0 atom stereocenters. The van der Waals surface area contributed by atoms with E-state index in [1.54, 1.807) is 18.3 Å². The molecule has 31 heavy (non-hydrogen) atoms. The third kappa shape index (κ3) is 5.02. The van der Waals surface area contributed by atoms with Gasteiger partial charge in [-0.25, -0.2) is 4.79 Å². The number of ether oxygens (including phenoxy) is 1. The van der Waals surface area contributed by atoms with Crippen LogP contribution >= 0.6 is 11.6 Å². The first-order valence-corrected chi connectivity index (χ1v) is 9.99. The molecule has 0 amide bonds. The van der Waals surface area contributed by atoms with Gasteiger partial charge in [0.1, 0.15) is 12.4 Å². The Labute approximate surface area is 184 Å². The lowest BCUT2D eigenvalue weighted by molar-refractivity contribution is 0.0697. The lowest BCUT2D eigenvalue weighted by atomic mass is 10.0. The van der Waals surface area contributed by atoms with Gasteiger partial charge < -0.3 is 9.84 Å². The summed E-state index contributed by atoms with van der Waals surface area (Å²) < 4.78 is 6.09. The Morgan fingerprint density at radius 3 is 2.45 bits per heavy atom. The Balaban J connectivity index is 1.58. The first-order valence-electron chi connectivity index (χ1n) is 9.61. The van der Waals surface area contributed by atoms with Gasteiger partial charge in [-0.05, 0) is 58.8 Å². The molecule has 0 radical (unpaired) electrons. The van der Waals surface area contributed by atoms with Crippen LogP contribution < -0.4 is 10.2 Å². The molecular formula is C25H19ClN2O3. The number of hydrogen-bond acceptors (Lipinski definition) is 4. The van der Waals surface area contributed by atoms with Crippen LogP contribution in [0.15, 0.2) is 90.0 Å². The fourth-order valence-corrected chi connectivity index (χ4v) is 3.26. The van der Waals surface area contributed by atoms with E-state index in [2.05, 4.69) is 10.5 Å². The molecule has 154 valence electrons. The largest absolute Gasteiger partial charge is 0.488 e. The average molecular weight is 431 g/mol. The third-order valence-electron chi connectivity index (χ3n) is 4.76. The molecule has 2 N–H and O–H groups in total. The minimum absolute atomic E-state index is 0.224. The summed E-state index contributed by atoms with van der Waals surface area (Å²) >= 11 is 5.96. The van der Waals surface area contributed by atoms with Crippen LogP contribution in [0.4, 0.5) is 5.69 Å². The van der Waals surface area contributed by atoms with Crippen LogP contribution in [-0.4, -0.2) is 17.3 Å². The van der Waals surface area contributed by atoms with Crippen molar-refractivity contribution in [2.24, 2.45) is 5.10 Å². The first kappa shape index (κ1) is 20.4. The number of aromatic carboxylic acids is 1. The maximum Gasteiger partial charge on any atom is 0.335 e. The van der Waals surface area contributed by atoms with Crippen molar-refractivity contribution in [2.75, 3.05) is 5.43 Å². The van der Waals surface area contributed by atoms with Gasteiger partial charge in [-0.3, -0.25) is 5.43 Å². The lowest BCUT2D eigenvalue weighted by Gasteiger charge is -2.12. The maximum atomic E-state index is 11.0. The molecular weight excluding hydrogens is 412 g/mol. The highest BCUT2D eigenvalue weighted by atomic mass is 35.5. The fourth-order valence-electron chi connectivity index (χ4n) is 3.14. The van der Waals surface area contributed by atoms with Crippen LogP contribution in [0.2, 0.25) is 5.02 Å². The van der Waals surface area contributed by atoms with E-state index in [1.165, 1.54) is 12.1 Å². The van der Waals surface area contributed by atoms with Gasteiger partial charge in [0, 0.05) is 10.6 Å². The number of carboxylic acids is 1. The third-order valence-corrected chi connectivity index (χ3v) is 5.01. The van der Waals surface area contributed by atoms with E-state index >= 15 is 0 Å². The molecule has 5 nitrogen and oxygen atoms in total. The summed E-state index contributed by atoms with van der Waals surface area (Å²) in [6.07, 6.45) is 1.71. The van der Waals surface area contributed by atoms with E-state index < -0.39 is 5.97 Å². The van der Waals surface area contributed by atoms with E-state index in [4.69, 9.17) is 21.4 Å². The molecule has 4 rings (SSSR count). The standard InChI is InChI=1S/C25H19ClN2O3/c26-20-10-5-17(6-11-20)16-31-24-14-9-18-3-1-2-4-22(18)23(24)15-27-28-21-12-7-19(8-13-21)25(29)30/h1-15,28H,16H2,(H,29,30)/b27-15+. The van der Waals surface area contributed by atoms with Crippen LogP contribution in [0.25, 0.3) is 10.8 Å². The number of fused-ring (bicyclic) bond motifs is 1. The molecule has 4 aromatic carbocycles. The molecule has 0 aliphatic rings. The summed E-state index contributed by atoms with van der Waals surface area (Å²) in [5.41, 5.74) is 5.71. The summed E-state index contributed by atoms with van der Waals surface area (Å²) in [5.74, 6) is -0.256. The number of benzene rings is 4. The van der Waals surface area contributed by atoms with Crippen LogP contribution in [0.3, 0.4) is 0 Å². The number of hydrazone groups is 1. The van der Waals surface area contributed by atoms with E-state index in [0.717, 1.165) is 21.9 Å². The predicted molar refractivity (Wildman–Crippen MR) is 124 cm³/mol. The van der Waals surface area contributed by atoms with Crippen molar-refractivity contribution in [1.29, 1.82) is 0 Å². The van der Waals surface area contributed by atoms with Gasteiger partial charge in [0.25, 0.3) is 0 Å². The minimum atomic E-state index is -0.965. The van der Waals surface area contributed by atoms with Crippen LogP contribution in [-0.2, 0) is 6.61 Å². The van der Waals surface area contributed by atoms with Crippen molar-refractivity contribution >= 4 is 40.2 Å². The van der Waals surface area contributed by atoms with Crippen molar-refractivity contribution < 1.29 is 14.6 Å². The lowest BCUT2D eigenvalue weighted by Crippen LogP contribution is -2.00. The normalized spacial score (nSPS) is 11.0. The maximum absolute atomic E-state index is 11.0. The zero-order valence-electron chi connectivity index (χ0n) is 16.5. The molecule has 0 saturated carbocycles. The Kier molecular flexibility index (Phi) is 6.15. The molecule has 0 bridgehead atoms. The second-order valence-electron chi connectivity index (χ2n) is 6.87. The number of hydrogen-bond donors (Lipinski definition) is 2. The monoisotopic (exact) mass is 430 g/mol. The molecule has 0 aliphatic heterocycles. The van der Waals surface area contributed by atoms with Gasteiger partial charge in [-0.1, -0.05) is 54.1 Å². The second-order valence-corrected chi connectivity index (χ2v) is 7.30. The molecule has 0 spiro atoms. The molecule has 6 heteroatoms. The Hall–Kier alpha value is -3.83. The van der Waals surface area contributed by atoms with Crippen molar-refractivity contribution in [3.8, 4) is 5.75 Å². The number of nitrogens with zero attached hydrogens (tertiary/aromatic N) is 1. The van der Waals surface area contributed by atoms with Crippen LogP contribution in [0, 0.1) is 0 Å². The van der Waals surface area contributed by atoms with Gasteiger partial charge in [0.05, 0.1) is 17.5 Å². The molecule has 0 unspecified atom stereocenters. The topological polar surface area (TPSA) is 70.9 Å². The van der Waals surface area contributed by atoms with Crippen molar-refractivity contribution in [1.82, 2.24) is 0 Å². The minimum Gasteiger partial charge on any atom is -0.488 e. The van der Waals surface area contributed by atoms with Gasteiger partial charge in [0.2, 0.25) is 0 Å². The van der Waals surface area contributed by atoms with Crippen molar-refractivity contribution in [3.63, 3.8) is 0 Å². The molecule has 0 saturated heterocycles. The number of halogens is 1. The fraction of sp³-hybridized carbons (Fsp3) is 0.0400. The van der Waals surface area contributed by atoms with Crippen molar-refractivity contribution in [3.05, 3.63) is 107 Å². The predicted octanol–water partition coefficient (Wildman–Crippen LogP) is 6.22. The smallest absolute Gasteiger partial charge is 0.335 e. The number of carbonyl (C=O) groups is 1. The van der Waals surface area contributed by atoms with E-state index in [-0.39, 0.29) is 5.56 Å². The summed E-state index contributed by atoms with van der Waals surface area (Å²) in [6.45, 7) is 0.403. The second kappa shape index (κ2) is 9.32.